The first-order valence-corrected chi connectivity index (χ1v) is 5.94. The smallest absolute Gasteiger partial charge is 0.267 e. The highest BCUT2D eigenvalue weighted by Crippen LogP contribution is 2.03. The van der Waals surface area contributed by atoms with Crippen molar-refractivity contribution in [2.75, 3.05) is 5.73 Å². The molecule has 0 aliphatic heterocycles. The van der Waals surface area contributed by atoms with Crippen LogP contribution in [0.25, 0.3) is 0 Å². The third-order valence-corrected chi connectivity index (χ3v) is 2.83. The summed E-state index contributed by atoms with van der Waals surface area (Å²) in [6.45, 7) is 2.10. The average molecular weight is 343 g/mol. The SMILES string of the molecule is Cc1cc(N)nc(Cn2cncc(I)c2=O)n1. The van der Waals surface area contributed by atoms with Crippen molar-refractivity contribution in [1.82, 2.24) is 19.5 Å². The maximum Gasteiger partial charge on any atom is 0.267 e. The second kappa shape index (κ2) is 4.78. The lowest BCUT2D eigenvalue weighted by Crippen LogP contribution is -2.24. The molecular weight excluding hydrogens is 333 g/mol. The van der Waals surface area contributed by atoms with Crippen LogP contribution in [-0.2, 0) is 6.54 Å². The van der Waals surface area contributed by atoms with Crippen LogP contribution in [0, 0.1) is 10.5 Å². The van der Waals surface area contributed by atoms with Gasteiger partial charge in [0.25, 0.3) is 5.56 Å². The third kappa shape index (κ3) is 2.78. The van der Waals surface area contributed by atoms with E-state index in [1.54, 1.807) is 6.07 Å². The van der Waals surface area contributed by atoms with E-state index in [1.807, 2.05) is 29.5 Å². The van der Waals surface area contributed by atoms with E-state index in [4.69, 9.17) is 5.73 Å². The van der Waals surface area contributed by atoms with E-state index in [2.05, 4.69) is 15.0 Å². The topological polar surface area (TPSA) is 86.7 Å². The van der Waals surface area contributed by atoms with Crippen LogP contribution in [-0.4, -0.2) is 19.5 Å². The number of rotatable bonds is 2. The fourth-order valence-corrected chi connectivity index (χ4v) is 1.89. The molecule has 0 atom stereocenters. The van der Waals surface area contributed by atoms with Crippen molar-refractivity contribution >= 4 is 28.4 Å². The van der Waals surface area contributed by atoms with E-state index in [9.17, 15) is 4.79 Å². The molecule has 7 heteroatoms. The molecule has 0 unspecified atom stereocenters. The van der Waals surface area contributed by atoms with Crippen molar-refractivity contribution in [3.63, 3.8) is 0 Å². The first-order chi connectivity index (χ1) is 8.06. The van der Waals surface area contributed by atoms with E-state index in [0.717, 1.165) is 5.69 Å². The number of nitrogens with two attached hydrogens (primary N) is 1. The minimum atomic E-state index is -0.107. The van der Waals surface area contributed by atoms with Gasteiger partial charge in [0.2, 0.25) is 0 Å². The zero-order chi connectivity index (χ0) is 12.4. The van der Waals surface area contributed by atoms with Crippen molar-refractivity contribution in [3.8, 4) is 0 Å². The third-order valence-electron chi connectivity index (χ3n) is 2.09. The number of nitrogen functional groups attached to an aromatic ring is 1. The summed E-state index contributed by atoms with van der Waals surface area (Å²) in [5, 5.41) is 0. The standard InChI is InChI=1S/C10H10IN5O/c1-6-2-8(12)15-9(14-6)4-16-5-13-3-7(11)10(16)17/h2-3,5H,4H2,1H3,(H2,12,14,15). The van der Waals surface area contributed by atoms with E-state index in [1.165, 1.54) is 17.1 Å². The van der Waals surface area contributed by atoms with Crippen LogP contribution in [0.5, 0.6) is 0 Å². The zero-order valence-electron chi connectivity index (χ0n) is 9.09. The Bertz CT molecular complexity index is 590. The van der Waals surface area contributed by atoms with Gasteiger partial charge in [-0.15, -0.1) is 0 Å². The highest BCUT2D eigenvalue weighted by molar-refractivity contribution is 14.1. The molecule has 0 saturated carbocycles. The maximum absolute atomic E-state index is 11.8. The normalized spacial score (nSPS) is 10.5. The number of hydrogen-bond acceptors (Lipinski definition) is 5. The summed E-state index contributed by atoms with van der Waals surface area (Å²) >= 11 is 1.94. The number of aromatic nitrogens is 4. The molecule has 2 N–H and O–H groups in total. The Morgan fingerprint density at radius 1 is 1.47 bits per heavy atom. The van der Waals surface area contributed by atoms with Crippen molar-refractivity contribution < 1.29 is 0 Å². The summed E-state index contributed by atoms with van der Waals surface area (Å²) in [5.41, 5.74) is 6.30. The average Bonchev–Trinajstić information content (AvgIpc) is 2.23. The lowest BCUT2D eigenvalue weighted by molar-refractivity contribution is 0.691. The van der Waals surface area contributed by atoms with E-state index in [0.29, 0.717) is 15.2 Å². The van der Waals surface area contributed by atoms with Crippen molar-refractivity contribution in [1.29, 1.82) is 0 Å². The lowest BCUT2D eigenvalue weighted by atomic mass is 10.4. The molecule has 0 fully saturated rings. The van der Waals surface area contributed by atoms with Gasteiger partial charge in [-0.2, -0.15) is 0 Å². The summed E-state index contributed by atoms with van der Waals surface area (Å²) in [6.07, 6.45) is 2.98. The molecule has 6 nitrogen and oxygen atoms in total. The Balaban J connectivity index is 2.38. The highest BCUT2D eigenvalue weighted by Gasteiger charge is 2.05. The minimum absolute atomic E-state index is 0.107. The van der Waals surface area contributed by atoms with Crippen LogP contribution in [0.15, 0.2) is 23.4 Å². The Labute approximate surface area is 111 Å². The van der Waals surface area contributed by atoms with E-state index >= 15 is 0 Å². The van der Waals surface area contributed by atoms with Crippen molar-refractivity contribution in [2.24, 2.45) is 0 Å². The molecule has 0 bridgehead atoms. The zero-order valence-corrected chi connectivity index (χ0v) is 11.2. The van der Waals surface area contributed by atoms with Crippen LogP contribution < -0.4 is 11.3 Å². The summed E-state index contributed by atoms with van der Waals surface area (Å²) in [7, 11) is 0. The second-order valence-corrected chi connectivity index (χ2v) is 4.69. The van der Waals surface area contributed by atoms with Gasteiger partial charge in [0.05, 0.1) is 16.4 Å². The molecule has 0 aromatic carbocycles. The monoisotopic (exact) mass is 343 g/mol. The first kappa shape index (κ1) is 12.0. The Morgan fingerprint density at radius 3 is 2.94 bits per heavy atom. The van der Waals surface area contributed by atoms with Gasteiger partial charge >= 0.3 is 0 Å². The van der Waals surface area contributed by atoms with Gasteiger partial charge in [0.15, 0.2) is 5.82 Å². The number of halogens is 1. The molecule has 2 aromatic heterocycles. The van der Waals surface area contributed by atoms with E-state index in [-0.39, 0.29) is 12.1 Å². The van der Waals surface area contributed by atoms with Gasteiger partial charge < -0.3 is 5.73 Å². The summed E-state index contributed by atoms with van der Waals surface area (Å²) < 4.78 is 2.02. The molecule has 0 saturated heterocycles. The number of anilines is 1. The number of hydrogen-bond donors (Lipinski definition) is 1. The molecule has 2 rings (SSSR count). The van der Waals surface area contributed by atoms with Gasteiger partial charge in [-0.1, -0.05) is 0 Å². The molecule has 2 heterocycles. The molecular formula is C10H10IN5O. The fourth-order valence-electron chi connectivity index (χ4n) is 1.42. The summed E-state index contributed by atoms with van der Waals surface area (Å²) in [4.78, 5) is 24.0. The molecule has 0 radical (unpaired) electrons. The van der Waals surface area contributed by atoms with Gasteiger partial charge in [-0.3, -0.25) is 9.36 Å². The second-order valence-electron chi connectivity index (χ2n) is 3.53. The predicted molar refractivity (Wildman–Crippen MR) is 71.5 cm³/mol. The van der Waals surface area contributed by atoms with Crippen LogP contribution in [0.3, 0.4) is 0 Å². The molecule has 0 aliphatic carbocycles. The Kier molecular flexibility index (Phi) is 3.36. The maximum atomic E-state index is 11.8. The number of nitrogens with zero attached hydrogens (tertiary/aromatic N) is 4. The quantitative estimate of drug-likeness (QED) is 0.806. The molecule has 2 aromatic rings. The molecule has 88 valence electrons. The van der Waals surface area contributed by atoms with Crippen LogP contribution in [0.4, 0.5) is 5.82 Å². The van der Waals surface area contributed by atoms with Gasteiger partial charge in [-0.05, 0) is 29.5 Å². The van der Waals surface area contributed by atoms with E-state index < -0.39 is 0 Å². The highest BCUT2D eigenvalue weighted by atomic mass is 127. The molecule has 17 heavy (non-hydrogen) atoms. The molecule has 0 spiro atoms. The van der Waals surface area contributed by atoms with Gasteiger partial charge in [0, 0.05) is 18.0 Å². The first-order valence-electron chi connectivity index (χ1n) is 4.86. The van der Waals surface area contributed by atoms with Crippen molar-refractivity contribution in [3.05, 3.63) is 44.0 Å². The van der Waals surface area contributed by atoms with Gasteiger partial charge in [0.1, 0.15) is 5.82 Å². The summed E-state index contributed by atoms with van der Waals surface area (Å²) in [5.74, 6) is 0.910. The van der Waals surface area contributed by atoms with Crippen LogP contribution >= 0.6 is 22.6 Å². The van der Waals surface area contributed by atoms with Crippen LogP contribution in [0.1, 0.15) is 11.5 Å². The largest absolute Gasteiger partial charge is 0.384 e. The molecule has 0 aliphatic rings. The summed E-state index contributed by atoms with van der Waals surface area (Å²) in [6, 6.07) is 1.68. The Hall–Kier alpha value is -1.51. The lowest BCUT2D eigenvalue weighted by Gasteiger charge is -2.05. The number of aryl methyl sites for hydroxylation is 1. The van der Waals surface area contributed by atoms with Crippen LogP contribution in [0.2, 0.25) is 0 Å². The minimum Gasteiger partial charge on any atom is -0.384 e. The predicted octanol–water partition coefficient (Wildman–Crippen LogP) is 0.577. The fraction of sp³-hybridized carbons (Fsp3) is 0.200. The molecule has 0 amide bonds. The van der Waals surface area contributed by atoms with Gasteiger partial charge in [-0.25, -0.2) is 15.0 Å². The Morgan fingerprint density at radius 2 is 2.24 bits per heavy atom. The van der Waals surface area contributed by atoms with Crippen molar-refractivity contribution in [2.45, 2.75) is 13.5 Å².